The highest BCUT2D eigenvalue weighted by Crippen LogP contribution is 2.59. The normalized spacial score (nSPS) is 40.9. The standard InChI is InChI=1S/C29H46O10Si/c1-11-16(2)24(30)36-21-17(3)19-20(22(21)35-15-34-12-13-40(8,9)10)27(6,32)14-18-29(33)23(19)37-25(31)28(29,7)39-26(4,5)38-18/h11,18,20-23,32-33H,12-15H2,1-10H3/b16-11+/t18-,20+,21-,22-,23-,27-,28+,29+/m0/s1. The van der Waals surface area contributed by atoms with Gasteiger partial charge in [-0.05, 0) is 65.7 Å². The third kappa shape index (κ3) is 5.12. The van der Waals surface area contributed by atoms with E-state index in [9.17, 15) is 19.8 Å². The first-order chi connectivity index (χ1) is 18.3. The van der Waals surface area contributed by atoms with Crippen molar-refractivity contribution < 1.29 is 48.2 Å². The Bertz CT molecular complexity index is 1100. The molecule has 3 fully saturated rings. The van der Waals surface area contributed by atoms with E-state index in [1.807, 2.05) is 0 Å². The summed E-state index contributed by atoms with van der Waals surface area (Å²) in [5.41, 5.74) is -3.82. The summed E-state index contributed by atoms with van der Waals surface area (Å²) in [6.07, 6.45) is -2.39. The lowest BCUT2D eigenvalue weighted by Gasteiger charge is -2.52. The van der Waals surface area contributed by atoms with E-state index in [4.69, 9.17) is 28.4 Å². The maximum Gasteiger partial charge on any atom is 0.342 e. The lowest BCUT2D eigenvalue weighted by atomic mass is 9.74. The molecule has 2 heterocycles. The Morgan fingerprint density at radius 3 is 2.42 bits per heavy atom. The number of rotatable bonds is 8. The van der Waals surface area contributed by atoms with Crippen LogP contribution in [0.5, 0.6) is 0 Å². The van der Waals surface area contributed by atoms with Gasteiger partial charge in [-0.2, -0.15) is 0 Å². The van der Waals surface area contributed by atoms with Gasteiger partial charge in [-0.3, -0.25) is 0 Å². The Balaban J connectivity index is 1.77. The fraction of sp³-hybridized carbons (Fsp3) is 0.793. The molecule has 40 heavy (non-hydrogen) atoms. The zero-order valence-electron chi connectivity index (χ0n) is 25.5. The van der Waals surface area contributed by atoms with Gasteiger partial charge in [0, 0.05) is 32.6 Å². The fourth-order valence-electron chi connectivity index (χ4n) is 6.57. The van der Waals surface area contributed by atoms with Gasteiger partial charge in [0.1, 0.15) is 12.9 Å². The summed E-state index contributed by atoms with van der Waals surface area (Å²) in [5, 5.41) is 24.4. The van der Waals surface area contributed by atoms with Crippen LogP contribution < -0.4 is 0 Å². The fourth-order valence-corrected chi connectivity index (χ4v) is 7.32. The van der Waals surface area contributed by atoms with Crippen molar-refractivity contribution in [1.29, 1.82) is 0 Å². The summed E-state index contributed by atoms with van der Waals surface area (Å²) in [7, 11) is -1.33. The van der Waals surface area contributed by atoms with Crippen LogP contribution in [0.25, 0.3) is 0 Å². The number of aliphatic hydroxyl groups is 2. The van der Waals surface area contributed by atoms with Crippen LogP contribution in [-0.2, 0) is 38.0 Å². The molecule has 226 valence electrons. The second-order valence-corrected chi connectivity index (χ2v) is 19.3. The van der Waals surface area contributed by atoms with E-state index >= 15 is 0 Å². The molecule has 0 spiro atoms. The van der Waals surface area contributed by atoms with Crippen LogP contribution in [-0.4, -0.2) is 90.6 Å². The molecule has 0 unspecified atom stereocenters. The quantitative estimate of drug-likeness (QED) is 0.110. The lowest BCUT2D eigenvalue weighted by Crippen LogP contribution is -2.72. The minimum absolute atomic E-state index is 0.0502. The van der Waals surface area contributed by atoms with Crippen LogP contribution >= 0.6 is 0 Å². The number of hydrogen-bond donors (Lipinski definition) is 2. The Morgan fingerprint density at radius 1 is 1.18 bits per heavy atom. The summed E-state index contributed by atoms with van der Waals surface area (Å²) in [6.45, 7) is 18.8. The van der Waals surface area contributed by atoms with Gasteiger partial charge in [0.25, 0.3) is 0 Å². The van der Waals surface area contributed by atoms with Crippen molar-refractivity contribution in [3.8, 4) is 0 Å². The number of carbonyl (C=O) groups is 2. The number of esters is 2. The molecule has 0 amide bonds. The molecule has 2 saturated heterocycles. The van der Waals surface area contributed by atoms with Crippen molar-refractivity contribution >= 4 is 20.0 Å². The highest BCUT2D eigenvalue weighted by molar-refractivity contribution is 6.76. The number of ether oxygens (including phenoxy) is 6. The van der Waals surface area contributed by atoms with E-state index in [0.29, 0.717) is 23.3 Å². The van der Waals surface area contributed by atoms with Crippen LogP contribution in [0.3, 0.4) is 0 Å². The van der Waals surface area contributed by atoms with Crippen LogP contribution in [0.15, 0.2) is 22.8 Å². The van der Waals surface area contributed by atoms with Crippen molar-refractivity contribution in [2.24, 2.45) is 5.92 Å². The summed E-state index contributed by atoms with van der Waals surface area (Å²) in [5.74, 6) is -3.29. The maximum absolute atomic E-state index is 13.3. The molecule has 0 radical (unpaired) electrons. The molecule has 8 atom stereocenters. The average molecular weight is 583 g/mol. The van der Waals surface area contributed by atoms with Crippen LogP contribution in [0.1, 0.15) is 54.9 Å². The molecule has 4 rings (SSSR count). The van der Waals surface area contributed by atoms with Crippen LogP contribution in [0.2, 0.25) is 25.7 Å². The van der Waals surface area contributed by atoms with Gasteiger partial charge >= 0.3 is 11.9 Å². The van der Waals surface area contributed by atoms with Crippen molar-refractivity contribution in [2.45, 2.75) is 128 Å². The molecule has 0 aromatic carbocycles. The van der Waals surface area contributed by atoms with Gasteiger partial charge in [0.05, 0.1) is 11.7 Å². The Kier molecular flexibility index (Phi) is 8.06. The van der Waals surface area contributed by atoms with Gasteiger partial charge in [-0.1, -0.05) is 25.7 Å². The molecule has 2 aliphatic carbocycles. The highest BCUT2D eigenvalue weighted by atomic mass is 28.3. The third-order valence-corrected chi connectivity index (χ3v) is 10.6. The molecule has 2 aliphatic heterocycles. The van der Waals surface area contributed by atoms with Gasteiger partial charge < -0.3 is 38.6 Å². The molecule has 2 N–H and O–H groups in total. The molecule has 11 heteroatoms. The molecule has 0 bridgehead atoms. The molecular weight excluding hydrogens is 536 g/mol. The first kappa shape index (κ1) is 31.3. The van der Waals surface area contributed by atoms with Gasteiger partial charge in [0.15, 0.2) is 23.6 Å². The molecule has 0 aromatic heterocycles. The Labute approximate surface area is 238 Å². The molecule has 0 aromatic rings. The van der Waals surface area contributed by atoms with Crippen molar-refractivity contribution in [3.05, 3.63) is 22.8 Å². The number of fused-ring (bicyclic) bond motifs is 2. The topological polar surface area (TPSA) is 130 Å². The number of allylic oxidation sites excluding steroid dienone is 1. The van der Waals surface area contributed by atoms with E-state index in [2.05, 4.69) is 19.6 Å². The third-order valence-electron chi connectivity index (χ3n) is 8.87. The summed E-state index contributed by atoms with van der Waals surface area (Å²) in [6, 6.07) is 0.946. The molecular formula is C29H46O10Si. The predicted octanol–water partition coefficient (Wildman–Crippen LogP) is 3.23. The highest BCUT2D eigenvalue weighted by Gasteiger charge is 2.78. The average Bonchev–Trinajstić information content (AvgIpc) is 3.17. The lowest BCUT2D eigenvalue weighted by molar-refractivity contribution is -0.382. The van der Waals surface area contributed by atoms with Gasteiger partial charge in [-0.15, -0.1) is 0 Å². The molecule has 10 nitrogen and oxygen atoms in total. The van der Waals surface area contributed by atoms with Crippen molar-refractivity contribution in [3.63, 3.8) is 0 Å². The van der Waals surface area contributed by atoms with E-state index in [0.717, 1.165) is 6.04 Å². The van der Waals surface area contributed by atoms with E-state index in [1.54, 1.807) is 47.6 Å². The zero-order chi connectivity index (χ0) is 30.1. The van der Waals surface area contributed by atoms with E-state index in [1.165, 1.54) is 6.92 Å². The largest absolute Gasteiger partial charge is 0.452 e. The Hall–Kier alpha value is -1.60. The summed E-state index contributed by atoms with van der Waals surface area (Å²) in [4.78, 5) is 26.3. The minimum Gasteiger partial charge on any atom is -0.452 e. The smallest absolute Gasteiger partial charge is 0.342 e. The van der Waals surface area contributed by atoms with Gasteiger partial charge in [-0.25, -0.2) is 9.59 Å². The number of hydrogen-bond acceptors (Lipinski definition) is 10. The van der Waals surface area contributed by atoms with Gasteiger partial charge in [0.2, 0.25) is 5.60 Å². The van der Waals surface area contributed by atoms with Crippen molar-refractivity contribution in [2.75, 3.05) is 13.4 Å². The first-order valence-corrected chi connectivity index (χ1v) is 17.8. The summed E-state index contributed by atoms with van der Waals surface area (Å²) >= 11 is 0. The number of carbonyl (C=O) groups excluding carboxylic acids is 2. The second-order valence-electron chi connectivity index (χ2n) is 13.7. The minimum atomic E-state index is -1.95. The predicted molar refractivity (Wildman–Crippen MR) is 148 cm³/mol. The zero-order valence-corrected chi connectivity index (χ0v) is 26.5. The maximum atomic E-state index is 13.3. The Morgan fingerprint density at radius 2 is 1.82 bits per heavy atom. The second kappa shape index (κ2) is 10.3. The molecule has 1 saturated carbocycles. The van der Waals surface area contributed by atoms with E-state index < -0.39 is 72.9 Å². The van der Waals surface area contributed by atoms with Crippen molar-refractivity contribution in [1.82, 2.24) is 0 Å². The monoisotopic (exact) mass is 582 g/mol. The first-order valence-electron chi connectivity index (χ1n) is 14.1. The van der Waals surface area contributed by atoms with E-state index in [-0.39, 0.29) is 13.2 Å². The summed E-state index contributed by atoms with van der Waals surface area (Å²) < 4.78 is 36.1. The molecule has 4 aliphatic rings. The van der Waals surface area contributed by atoms with Crippen LogP contribution in [0, 0.1) is 5.92 Å². The SMILES string of the molecule is C/C=C(\C)C(=O)O[C@H]1C(C)=C2[C@H]([C@@H]1OCOCC[Si](C)(C)C)[C@@](C)(O)C[C@@H]1OC(C)(C)O[C@]3(C)C(=O)O[C@@H]2[C@]13O. The van der Waals surface area contributed by atoms with Crippen LogP contribution in [0.4, 0.5) is 0 Å².